The Balaban J connectivity index is 1.67. The molecule has 0 spiro atoms. The van der Waals surface area contributed by atoms with Crippen molar-refractivity contribution in [2.75, 3.05) is 38.6 Å². The first-order chi connectivity index (χ1) is 17.5. The molecule has 9 nitrogen and oxygen atoms in total. The van der Waals surface area contributed by atoms with Gasteiger partial charge >= 0.3 is 0 Å². The van der Waals surface area contributed by atoms with E-state index in [1.165, 1.54) is 6.08 Å². The zero-order chi connectivity index (χ0) is 25.2. The SMILES string of the molecule is C=CC(=O)N1CCCCC(n2c(NC(=O)c3ccncc3)nc3ccc4c(c32)C(C)N(C)CCO4)C1. The summed E-state index contributed by atoms with van der Waals surface area (Å²) in [6, 6.07) is 7.29. The Kier molecular flexibility index (Phi) is 6.73. The van der Waals surface area contributed by atoms with Crippen LogP contribution in [0.3, 0.4) is 0 Å². The van der Waals surface area contributed by atoms with E-state index in [0.29, 0.717) is 31.2 Å². The lowest BCUT2D eigenvalue weighted by atomic mass is 10.0. The molecule has 0 saturated carbocycles. The molecule has 9 heteroatoms. The number of likely N-dealkylation sites (tertiary alicyclic amines) is 1. The first-order valence-corrected chi connectivity index (χ1v) is 12.5. The molecule has 3 aromatic rings. The number of carbonyl (C=O) groups is 2. The van der Waals surface area contributed by atoms with E-state index < -0.39 is 0 Å². The van der Waals surface area contributed by atoms with Crippen LogP contribution < -0.4 is 10.1 Å². The van der Waals surface area contributed by atoms with Gasteiger partial charge in [0.15, 0.2) is 0 Å². The summed E-state index contributed by atoms with van der Waals surface area (Å²) < 4.78 is 8.27. The molecule has 2 unspecified atom stereocenters. The summed E-state index contributed by atoms with van der Waals surface area (Å²) in [4.78, 5) is 38.8. The quantitative estimate of drug-likeness (QED) is 0.562. The molecule has 2 amide bonds. The molecular formula is C27H32N6O3. The molecule has 2 aromatic heterocycles. The molecule has 1 aromatic carbocycles. The molecule has 0 aliphatic carbocycles. The maximum atomic E-state index is 13.2. The molecule has 0 radical (unpaired) electrons. The van der Waals surface area contributed by atoms with Crippen molar-refractivity contribution in [1.29, 1.82) is 0 Å². The van der Waals surface area contributed by atoms with Crippen LogP contribution in [-0.2, 0) is 4.79 Å². The van der Waals surface area contributed by atoms with Gasteiger partial charge in [-0.25, -0.2) is 4.98 Å². The lowest BCUT2D eigenvalue weighted by molar-refractivity contribution is -0.126. The number of benzene rings is 1. The van der Waals surface area contributed by atoms with Crippen molar-refractivity contribution in [3.05, 3.63) is 60.4 Å². The average molecular weight is 489 g/mol. The number of anilines is 1. The molecule has 1 saturated heterocycles. The van der Waals surface area contributed by atoms with Crippen molar-refractivity contribution in [3.8, 4) is 5.75 Å². The molecule has 2 aliphatic heterocycles. The van der Waals surface area contributed by atoms with E-state index >= 15 is 0 Å². The molecule has 4 heterocycles. The first-order valence-electron chi connectivity index (χ1n) is 12.5. The number of pyridine rings is 1. The molecule has 2 atom stereocenters. The Bertz CT molecular complexity index is 1290. The van der Waals surface area contributed by atoms with Crippen molar-refractivity contribution >= 4 is 28.8 Å². The number of nitrogens with zero attached hydrogens (tertiary/aromatic N) is 5. The number of carbonyl (C=O) groups excluding carboxylic acids is 2. The second-order valence-electron chi connectivity index (χ2n) is 9.48. The molecule has 188 valence electrons. The largest absolute Gasteiger partial charge is 0.492 e. The van der Waals surface area contributed by atoms with Gasteiger partial charge in [-0.3, -0.25) is 24.8 Å². The summed E-state index contributed by atoms with van der Waals surface area (Å²) >= 11 is 0. The van der Waals surface area contributed by atoms with Crippen LogP contribution in [0, 0.1) is 0 Å². The highest BCUT2D eigenvalue weighted by molar-refractivity contribution is 6.04. The Labute approximate surface area is 210 Å². The van der Waals surface area contributed by atoms with Gasteiger partial charge in [-0.05, 0) is 63.6 Å². The second kappa shape index (κ2) is 10.1. The number of imidazole rings is 1. The van der Waals surface area contributed by atoms with E-state index in [-0.39, 0.29) is 23.9 Å². The van der Waals surface area contributed by atoms with E-state index in [1.807, 2.05) is 17.0 Å². The molecule has 2 aliphatic rings. The van der Waals surface area contributed by atoms with Crippen molar-refractivity contribution in [3.63, 3.8) is 0 Å². The van der Waals surface area contributed by atoms with Crippen molar-refractivity contribution in [1.82, 2.24) is 24.3 Å². The van der Waals surface area contributed by atoms with Crippen molar-refractivity contribution < 1.29 is 14.3 Å². The highest BCUT2D eigenvalue weighted by atomic mass is 16.5. The average Bonchev–Trinajstić information content (AvgIpc) is 3.01. The molecule has 1 fully saturated rings. The highest BCUT2D eigenvalue weighted by Gasteiger charge is 2.31. The standard InChI is InChI=1S/C27H32N6O3/c1-4-23(34)32-14-6-5-7-20(17-32)33-25-21(8-9-22-24(25)18(2)31(3)15-16-36-22)29-27(33)30-26(35)19-10-12-28-13-11-19/h4,8-13,18,20H,1,5-7,14-17H2,2-3H3,(H,29,30,35). The van der Waals surface area contributed by atoms with Gasteiger partial charge in [0.25, 0.3) is 5.91 Å². The van der Waals surface area contributed by atoms with Crippen LogP contribution in [0.5, 0.6) is 5.75 Å². The van der Waals surface area contributed by atoms with Crippen LogP contribution in [0.2, 0.25) is 0 Å². The number of fused-ring (bicyclic) bond motifs is 3. The molecule has 36 heavy (non-hydrogen) atoms. The van der Waals surface area contributed by atoms with Gasteiger partial charge in [0.2, 0.25) is 11.9 Å². The lowest BCUT2D eigenvalue weighted by Crippen LogP contribution is -2.34. The smallest absolute Gasteiger partial charge is 0.258 e. The number of aromatic nitrogens is 3. The van der Waals surface area contributed by atoms with E-state index in [4.69, 9.17) is 9.72 Å². The number of hydrogen-bond acceptors (Lipinski definition) is 6. The van der Waals surface area contributed by atoms with Gasteiger partial charge in [0.05, 0.1) is 17.1 Å². The van der Waals surface area contributed by atoms with Gasteiger partial charge < -0.3 is 14.2 Å². The predicted octanol–water partition coefficient (Wildman–Crippen LogP) is 3.81. The topological polar surface area (TPSA) is 92.6 Å². The van der Waals surface area contributed by atoms with Crippen LogP contribution in [0.1, 0.15) is 54.2 Å². The second-order valence-corrected chi connectivity index (χ2v) is 9.48. The Morgan fingerprint density at radius 2 is 1.97 bits per heavy atom. The summed E-state index contributed by atoms with van der Waals surface area (Å²) in [5, 5.41) is 3.05. The first kappa shape index (κ1) is 24.0. The van der Waals surface area contributed by atoms with Crippen LogP contribution in [-0.4, -0.2) is 69.4 Å². The van der Waals surface area contributed by atoms with Crippen LogP contribution >= 0.6 is 0 Å². The number of rotatable bonds is 4. The third-order valence-electron chi connectivity index (χ3n) is 7.30. The Hall–Kier alpha value is -3.72. The van der Waals surface area contributed by atoms with Gasteiger partial charge in [-0.1, -0.05) is 6.58 Å². The zero-order valence-corrected chi connectivity index (χ0v) is 20.8. The summed E-state index contributed by atoms with van der Waals surface area (Å²) in [5.41, 5.74) is 3.28. The summed E-state index contributed by atoms with van der Waals surface area (Å²) in [7, 11) is 2.09. The van der Waals surface area contributed by atoms with E-state index in [0.717, 1.165) is 48.2 Å². The Morgan fingerprint density at radius 1 is 1.17 bits per heavy atom. The van der Waals surface area contributed by atoms with Gasteiger partial charge in [-0.2, -0.15) is 0 Å². The third-order valence-corrected chi connectivity index (χ3v) is 7.30. The highest BCUT2D eigenvalue weighted by Crippen LogP contribution is 2.41. The minimum Gasteiger partial charge on any atom is -0.492 e. The van der Waals surface area contributed by atoms with Gasteiger partial charge in [-0.15, -0.1) is 0 Å². The summed E-state index contributed by atoms with van der Waals surface area (Å²) in [5.74, 6) is 0.968. The normalized spacial score (nSPS) is 20.7. The monoisotopic (exact) mass is 488 g/mol. The maximum Gasteiger partial charge on any atom is 0.258 e. The number of nitrogens with one attached hydrogen (secondary N) is 1. The Morgan fingerprint density at radius 3 is 2.75 bits per heavy atom. The fourth-order valence-corrected chi connectivity index (χ4v) is 5.22. The maximum absolute atomic E-state index is 13.2. The van der Waals surface area contributed by atoms with Crippen LogP contribution in [0.15, 0.2) is 49.3 Å². The third kappa shape index (κ3) is 4.46. The van der Waals surface area contributed by atoms with Crippen molar-refractivity contribution in [2.24, 2.45) is 0 Å². The lowest BCUT2D eigenvalue weighted by Gasteiger charge is -2.28. The minimum atomic E-state index is -0.255. The van der Waals surface area contributed by atoms with Crippen molar-refractivity contribution in [2.45, 2.75) is 38.3 Å². The van der Waals surface area contributed by atoms with Crippen LogP contribution in [0.25, 0.3) is 11.0 Å². The number of ether oxygens (including phenoxy) is 1. The summed E-state index contributed by atoms with van der Waals surface area (Å²) in [6.45, 7) is 8.47. The molecule has 0 bridgehead atoms. The molecule has 1 N–H and O–H groups in total. The summed E-state index contributed by atoms with van der Waals surface area (Å²) in [6.07, 6.45) is 7.30. The van der Waals surface area contributed by atoms with E-state index in [9.17, 15) is 9.59 Å². The zero-order valence-electron chi connectivity index (χ0n) is 20.8. The van der Waals surface area contributed by atoms with E-state index in [2.05, 4.69) is 40.3 Å². The van der Waals surface area contributed by atoms with E-state index in [1.54, 1.807) is 24.5 Å². The van der Waals surface area contributed by atoms with Gasteiger partial charge in [0.1, 0.15) is 12.4 Å². The fourth-order valence-electron chi connectivity index (χ4n) is 5.22. The number of amides is 2. The minimum absolute atomic E-state index is 0.0681. The molecule has 5 rings (SSSR count). The fraction of sp³-hybridized carbons (Fsp3) is 0.407. The molecular weight excluding hydrogens is 456 g/mol. The van der Waals surface area contributed by atoms with Gasteiger partial charge in [0, 0.05) is 49.2 Å². The number of likely N-dealkylation sites (N-methyl/N-ethyl adjacent to an activating group) is 1. The predicted molar refractivity (Wildman–Crippen MR) is 138 cm³/mol. The van der Waals surface area contributed by atoms with Crippen LogP contribution in [0.4, 0.5) is 5.95 Å². The number of hydrogen-bond donors (Lipinski definition) is 1.